The van der Waals surface area contributed by atoms with Crippen molar-refractivity contribution in [2.45, 2.75) is 37.7 Å². The van der Waals surface area contributed by atoms with E-state index < -0.39 is 22.1 Å². The minimum Gasteiger partial charge on any atom is -0.486 e. The van der Waals surface area contributed by atoms with Crippen molar-refractivity contribution >= 4 is 33.3 Å². The molecule has 1 aliphatic rings. The molecule has 0 radical (unpaired) electrons. The topological polar surface area (TPSA) is 83.9 Å². The first-order chi connectivity index (χ1) is 16.2. The van der Waals surface area contributed by atoms with Crippen LogP contribution in [0.1, 0.15) is 36.5 Å². The molecule has 0 bridgehead atoms. The molecule has 0 saturated carbocycles. The van der Waals surface area contributed by atoms with Crippen LogP contribution in [0.25, 0.3) is 11.6 Å². The van der Waals surface area contributed by atoms with Crippen LogP contribution in [-0.4, -0.2) is 32.1 Å². The Hall–Kier alpha value is -3.58. The number of aryl methyl sites for hydroxylation is 1. The molecule has 3 aromatic rings. The van der Waals surface area contributed by atoms with Gasteiger partial charge in [-0.3, -0.25) is 9.10 Å². The van der Waals surface area contributed by atoms with Gasteiger partial charge in [0.05, 0.1) is 17.1 Å². The van der Waals surface area contributed by atoms with Gasteiger partial charge in [-0.15, -0.1) is 0 Å². The second-order valence-electron chi connectivity index (χ2n) is 8.45. The zero-order valence-electron chi connectivity index (χ0n) is 19.1. The van der Waals surface area contributed by atoms with Crippen LogP contribution in [0.5, 0.6) is 5.75 Å². The fraction of sp³-hybridized carbons (Fsp3) is 0.222. The predicted octanol–water partition coefficient (Wildman–Crippen LogP) is 5.38. The van der Waals surface area contributed by atoms with E-state index in [9.17, 15) is 13.2 Å². The molecule has 1 N–H and O–H groups in total. The van der Waals surface area contributed by atoms with Gasteiger partial charge in [-0.25, -0.2) is 8.42 Å². The SMILES string of the molecule is C/C(=C\c1ccc2c(c1)N(S(=O)(=O)c1cccc(C)c1)C[C@H](CCC(=O)O)O2)c1ccccc1. The van der Waals surface area contributed by atoms with Crippen LogP contribution < -0.4 is 9.04 Å². The molecule has 7 heteroatoms. The third-order valence-electron chi connectivity index (χ3n) is 5.78. The lowest BCUT2D eigenvalue weighted by atomic mass is 10.0. The number of benzene rings is 3. The zero-order chi connectivity index (χ0) is 24.3. The van der Waals surface area contributed by atoms with Crippen molar-refractivity contribution in [2.24, 2.45) is 0 Å². The molecule has 0 saturated heterocycles. The number of carboxylic acid groups (broad SMARTS) is 1. The van der Waals surface area contributed by atoms with Gasteiger partial charge in [0.25, 0.3) is 10.0 Å². The highest BCUT2D eigenvalue weighted by atomic mass is 32.2. The van der Waals surface area contributed by atoms with E-state index in [1.165, 1.54) is 4.31 Å². The maximum atomic E-state index is 13.7. The van der Waals surface area contributed by atoms with Crippen molar-refractivity contribution in [3.8, 4) is 5.75 Å². The first kappa shape index (κ1) is 23.6. The molecule has 1 heterocycles. The largest absolute Gasteiger partial charge is 0.486 e. The number of hydrogen-bond acceptors (Lipinski definition) is 4. The van der Waals surface area contributed by atoms with Crippen LogP contribution in [0.15, 0.2) is 77.7 Å². The number of nitrogens with zero attached hydrogens (tertiary/aromatic N) is 1. The normalized spacial score (nSPS) is 16.0. The van der Waals surface area contributed by atoms with Gasteiger partial charge >= 0.3 is 5.97 Å². The maximum absolute atomic E-state index is 13.7. The Morgan fingerprint density at radius 1 is 1.09 bits per heavy atom. The highest BCUT2D eigenvalue weighted by Gasteiger charge is 2.35. The number of carboxylic acids is 1. The summed E-state index contributed by atoms with van der Waals surface area (Å²) in [7, 11) is -3.88. The quantitative estimate of drug-likeness (QED) is 0.462. The summed E-state index contributed by atoms with van der Waals surface area (Å²) in [5.41, 5.74) is 4.26. The molecule has 6 nitrogen and oxygen atoms in total. The molecular weight excluding hydrogens is 450 g/mol. The van der Waals surface area contributed by atoms with E-state index in [2.05, 4.69) is 0 Å². The number of carbonyl (C=O) groups is 1. The Morgan fingerprint density at radius 2 is 1.85 bits per heavy atom. The van der Waals surface area contributed by atoms with Crippen molar-refractivity contribution in [1.82, 2.24) is 0 Å². The number of anilines is 1. The number of fused-ring (bicyclic) bond motifs is 1. The third kappa shape index (κ3) is 5.15. The molecule has 3 aromatic carbocycles. The smallest absolute Gasteiger partial charge is 0.303 e. The number of sulfonamides is 1. The van der Waals surface area contributed by atoms with Gasteiger partial charge in [0.1, 0.15) is 11.9 Å². The Labute approximate surface area is 200 Å². The lowest BCUT2D eigenvalue weighted by molar-refractivity contribution is -0.137. The fourth-order valence-electron chi connectivity index (χ4n) is 4.02. The summed E-state index contributed by atoms with van der Waals surface area (Å²) in [6.45, 7) is 3.90. The summed E-state index contributed by atoms with van der Waals surface area (Å²) in [6, 6.07) is 22.2. The second-order valence-corrected chi connectivity index (χ2v) is 10.3. The summed E-state index contributed by atoms with van der Waals surface area (Å²) >= 11 is 0. The van der Waals surface area contributed by atoms with Gasteiger partial charge in [0.2, 0.25) is 0 Å². The molecule has 0 unspecified atom stereocenters. The van der Waals surface area contributed by atoms with E-state index >= 15 is 0 Å². The van der Waals surface area contributed by atoms with E-state index in [4.69, 9.17) is 9.84 Å². The van der Waals surface area contributed by atoms with E-state index in [1.54, 1.807) is 24.3 Å². The molecule has 0 amide bonds. The number of allylic oxidation sites excluding steroid dienone is 1. The van der Waals surface area contributed by atoms with Crippen LogP contribution >= 0.6 is 0 Å². The van der Waals surface area contributed by atoms with E-state index in [0.717, 1.165) is 22.3 Å². The average Bonchev–Trinajstić information content (AvgIpc) is 2.82. The zero-order valence-corrected chi connectivity index (χ0v) is 20.0. The second kappa shape index (κ2) is 9.73. The van der Waals surface area contributed by atoms with Crippen molar-refractivity contribution in [1.29, 1.82) is 0 Å². The minimum atomic E-state index is -3.88. The maximum Gasteiger partial charge on any atom is 0.303 e. The van der Waals surface area contributed by atoms with Crippen molar-refractivity contribution in [2.75, 3.05) is 10.8 Å². The molecule has 4 rings (SSSR count). The number of rotatable bonds is 7. The predicted molar refractivity (Wildman–Crippen MR) is 133 cm³/mol. The molecular formula is C27H27NO5S. The first-order valence-corrected chi connectivity index (χ1v) is 12.5. The summed E-state index contributed by atoms with van der Waals surface area (Å²) in [4.78, 5) is 11.3. The van der Waals surface area contributed by atoms with Crippen molar-refractivity contribution < 1.29 is 23.1 Å². The van der Waals surface area contributed by atoms with E-state index in [0.29, 0.717) is 11.4 Å². The third-order valence-corrected chi connectivity index (χ3v) is 7.56. The van der Waals surface area contributed by atoms with E-state index in [-0.39, 0.29) is 24.3 Å². The molecule has 1 atom stereocenters. The Balaban J connectivity index is 1.76. The van der Waals surface area contributed by atoms with Crippen LogP contribution in [-0.2, 0) is 14.8 Å². The molecule has 0 fully saturated rings. The number of hydrogen-bond donors (Lipinski definition) is 1. The fourth-order valence-corrected chi connectivity index (χ4v) is 5.62. The highest BCUT2D eigenvalue weighted by Crippen LogP contribution is 2.39. The monoisotopic (exact) mass is 477 g/mol. The van der Waals surface area contributed by atoms with Crippen LogP contribution in [0, 0.1) is 6.92 Å². The number of aliphatic carboxylic acids is 1. The van der Waals surface area contributed by atoms with Crippen LogP contribution in [0.4, 0.5) is 5.69 Å². The van der Waals surface area contributed by atoms with Crippen molar-refractivity contribution in [3.05, 3.63) is 89.5 Å². The van der Waals surface area contributed by atoms with Gasteiger partial charge in [-0.05, 0) is 66.8 Å². The van der Waals surface area contributed by atoms with Crippen LogP contribution in [0.2, 0.25) is 0 Å². The summed E-state index contributed by atoms with van der Waals surface area (Å²) in [5.74, 6) is -0.522. The van der Waals surface area contributed by atoms with Gasteiger partial charge in [-0.1, -0.05) is 54.6 Å². The molecule has 0 aromatic heterocycles. The Bertz CT molecular complexity index is 1330. The average molecular weight is 478 g/mol. The lowest BCUT2D eigenvalue weighted by Crippen LogP contribution is -2.43. The first-order valence-electron chi connectivity index (χ1n) is 11.1. The van der Waals surface area contributed by atoms with Gasteiger partial charge in [-0.2, -0.15) is 0 Å². The Morgan fingerprint density at radius 3 is 2.56 bits per heavy atom. The van der Waals surface area contributed by atoms with Gasteiger partial charge < -0.3 is 9.84 Å². The standard InChI is InChI=1S/C27H27NO5S/c1-19-7-6-10-24(15-19)34(31,32)28-18-23(12-14-27(29)30)33-26-13-11-21(17-25(26)28)16-20(2)22-8-4-3-5-9-22/h3-11,13,15-17,23H,12,14,18H2,1-2H3,(H,29,30)/b20-16+/t23-/m0/s1. The van der Waals surface area contributed by atoms with Crippen molar-refractivity contribution in [3.63, 3.8) is 0 Å². The van der Waals surface area contributed by atoms with Gasteiger partial charge in [0.15, 0.2) is 0 Å². The Kier molecular flexibility index (Phi) is 6.75. The number of ether oxygens (including phenoxy) is 1. The molecule has 0 spiro atoms. The van der Waals surface area contributed by atoms with Gasteiger partial charge in [0, 0.05) is 6.42 Å². The van der Waals surface area contributed by atoms with Crippen LogP contribution in [0.3, 0.4) is 0 Å². The molecule has 34 heavy (non-hydrogen) atoms. The highest BCUT2D eigenvalue weighted by molar-refractivity contribution is 7.92. The summed E-state index contributed by atoms with van der Waals surface area (Å²) < 4.78 is 34.7. The minimum absolute atomic E-state index is 0.0430. The molecule has 176 valence electrons. The molecule has 0 aliphatic carbocycles. The summed E-state index contributed by atoms with van der Waals surface area (Å²) in [6.07, 6.45) is 1.55. The lowest BCUT2D eigenvalue weighted by Gasteiger charge is -2.35. The molecule has 1 aliphatic heterocycles. The van der Waals surface area contributed by atoms with E-state index in [1.807, 2.05) is 68.5 Å². The summed E-state index contributed by atoms with van der Waals surface area (Å²) in [5, 5.41) is 9.09.